The van der Waals surface area contributed by atoms with E-state index in [0.717, 1.165) is 16.9 Å². The van der Waals surface area contributed by atoms with E-state index in [0.29, 0.717) is 18.9 Å². The topological polar surface area (TPSA) is 55.5 Å². The number of nitrogens with two attached hydrogens (primary N) is 1. The second-order valence-electron chi connectivity index (χ2n) is 4.67. The second kappa shape index (κ2) is 4.44. The number of hydrogen-bond acceptors (Lipinski definition) is 3. The van der Waals surface area contributed by atoms with Gasteiger partial charge in [-0.2, -0.15) is 0 Å². The van der Waals surface area contributed by atoms with Crippen LogP contribution in [0.2, 0.25) is 0 Å². The molecule has 3 heteroatoms. The van der Waals surface area contributed by atoms with Crippen molar-refractivity contribution in [1.82, 2.24) is 0 Å². The monoisotopic (exact) mass is 221 g/mol. The summed E-state index contributed by atoms with van der Waals surface area (Å²) in [5.41, 5.74) is 7.86. The predicted molar refractivity (Wildman–Crippen MR) is 63.6 cm³/mol. The molecule has 3 nitrogen and oxygen atoms in total. The first-order valence-electron chi connectivity index (χ1n) is 5.80. The van der Waals surface area contributed by atoms with Gasteiger partial charge in [0, 0.05) is 11.6 Å². The highest BCUT2D eigenvalue weighted by molar-refractivity contribution is 5.45. The Morgan fingerprint density at radius 1 is 1.44 bits per heavy atom. The van der Waals surface area contributed by atoms with Crippen molar-refractivity contribution >= 4 is 0 Å². The number of benzene rings is 1. The maximum atomic E-state index is 10.1. The van der Waals surface area contributed by atoms with Gasteiger partial charge in [0.05, 0.1) is 12.7 Å². The largest absolute Gasteiger partial charge is 0.493 e. The van der Waals surface area contributed by atoms with Crippen LogP contribution in [0.5, 0.6) is 5.75 Å². The standard InChI is InChI=1S/C13H19NO2/c1-8(2)9-4-3-5-10-12(15)11(14)6-7-16-13(9)10/h3-5,8,11-12,15H,6-7,14H2,1-2H3/t11-,12-/m1/s1. The molecule has 88 valence electrons. The average molecular weight is 221 g/mol. The van der Waals surface area contributed by atoms with Crippen molar-refractivity contribution in [3.05, 3.63) is 29.3 Å². The summed E-state index contributed by atoms with van der Waals surface area (Å²) in [6.45, 7) is 4.82. The third-order valence-electron chi connectivity index (χ3n) is 3.12. The van der Waals surface area contributed by atoms with Crippen LogP contribution in [0, 0.1) is 0 Å². The number of rotatable bonds is 1. The molecule has 0 saturated carbocycles. The molecule has 1 heterocycles. The smallest absolute Gasteiger partial charge is 0.128 e. The molecule has 1 aliphatic rings. The Bertz CT molecular complexity index is 376. The molecular weight excluding hydrogens is 202 g/mol. The zero-order valence-electron chi connectivity index (χ0n) is 9.81. The van der Waals surface area contributed by atoms with E-state index in [1.165, 1.54) is 0 Å². The summed E-state index contributed by atoms with van der Waals surface area (Å²) in [4.78, 5) is 0. The highest BCUT2D eigenvalue weighted by atomic mass is 16.5. The Morgan fingerprint density at radius 3 is 2.88 bits per heavy atom. The van der Waals surface area contributed by atoms with Gasteiger partial charge in [-0.25, -0.2) is 0 Å². The third-order valence-corrected chi connectivity index (χ3v) is 3.12. The van der Waals surface area contributed by atoms with E-state index >= 15 is 0 Å². The first kappa shape index (κ1) is 11.4. The van der Waals surface area contributed by atoms with Gasteiger partial charge in [0.25, 0.3) is 0 Å². The number of aliphatic hydroxyl groups excluding tert-OH is 1. The van der Waals surface area contributed by atoms with Crippen LogP contribution in [0.4, 0.5) is 0 Å². The molecule has 0 spiro atoms. The van der Waals surface area contributed by atoms with Gasteiger partial charge < -0.3 is 15.6 Å². The molecule has 1 aromatic carbocycles. The average Bonchev–Trinajstić information content (AvgIpc) is 2.40. The molecule has 0 radical (unpaired) electrons. The van der Waals surface area contributed by atoms with Gasteiger partial charge in [-0.3, -0.25) is 0 Å². The van der Waals surface area contributed by atoms with E-state index in [2.05, 4.69) is 13.8 Å². The van der Waals surface area contributed by atoms with Gasteiger partial charge in [0.1, 0.15) is 5.75 Å². The van der Waals surface area contributed by atoms with Gasteiger partial charge in [-0.15, -0.1) is 0 Å². The fraction of sp³-hybridized carbons (Fsp3) is 0.538. The molecule has 0 bridgehead atoms. The number of ether oxygens (including phenoxy) is 1. The van der Waals surface area contributed by atoms with Crippen molar-refractivity contribution in [2.24, 2.45) is 5.73 Å². The molecule has 3 N–H and O–H groups in total. The molecule has 16 heavy (non-hydrogen) atoms. The zero-order chi connectivity index (χ0) is 11.7. The van der Waals surface area contributed by atoms with E-state index in [1.807, 2.05) is 18.2 Å². The highest BCUT2D eigenvalue weighted by Gasteiger charge is 2.26. The number of hydrogen-bond donors (Lipinski definition) is 2. The normalized spacial score (nSPS) is 24.8. The molecule has 0 aliphatic carbocycles. The van der Waals surface area contributed by atoms with Crippen LogP contribution >= 0.6 is 0 Å². The van der Waals surface area contributed by atoms with E-state index in [4.69, 9.17) is 10.5 Å². The van der Waals surface area contributed by atoms with Crippen molar-refractivity contribution in [2.45, 2.75) is 38.3 Å². The summed E-state index contributed by atoms with van der Waals surface area (Å²) < 4.78 is 5.74. The van der Waals surface area contributed by atoms with E-state index in [1.54, 1.807) is 0 Å². The molecule has 2 rings (SSSR count). The second-order valence-corrected chi connectivity index (χ2v) is 4.67. The molecule has 0 aromatic heterocycles. The predicted octanol–water partition coefficient (Wildman–Crippen LogP) is 1.95. The lowest BCUT2D eigenvalue weighted by Crippen LogP contribution is -2.28. The SMILES string of the molecule is CC(C)c1cccc2c1OCC[C@@H](N)[C@@H]2O. The Hall–Kier alpha value is -1.06. The van der Waals surface area contributed by atoms with Gasteiger partial charge in [0.2, 0.25) is 0 Å². The highest BCUT2D eigenvalue weighted by Crippen LogP contribution is 2.36. The van der Waals surface area contributed by atoms with E-state index < -0.39 is 6.10 Å². The molecule has 0 unspecified atom stereocenters. The van der Waals surface area contributed by atoms with Crippen molar-refractivity contribution in [2.75, 3.05) is 6.61 Å². The van der Waals surface area contributed by atoms with Crippen molar-refractivity contribution in [3.8, 4) is 5.75 Å². The summed E-state index contributed by atoms with van der Waals surface area (Å²) in [6, 6.07) is 5.67. The van der Waals surface area contributed by atoms with Crippen molar-refractivity contribution in [1.29, 1.82) is 0 Å². The van der Waals surface area contributed by atoms with Crippen molar-refractivity contribution < 1.29 is 9.84 Å². The van der Waals surface area contributed by atoms with Crippen LogP contribution in [0.1, 0.15) is 43.4 Å². The van der Waals surface area contributed by atoms with Crippen LogP contribution < -0.4 is 10.5 Å². The Kier molecular flexibility index (Phi) is 3.17. The maximum Gasteiger partial charge on any atom is 0.128 e. The first-order valence-corrected chi connectivity index (χ1v) is 5.80. The van der Waals surface area contributed by atoms with Gasteiger partial charge in [-0.05, 0) is 17.9 Å². The maximum absolute atomic E-state index is 10.1. The van der Waals surface area contributed by atoms with E-state index in [9.17, 15) is 5.11 Å². The summed E-state index contributed by atoms with van der Waals surface area (Å²) in [5.74, 6) is 1.22. The summed E-state index contributed by atoms with van der Waals surface area (Å²) in [7, 11) is 0. The molecule has 1 aromatic rings. The Morgan fingerprint density at radius 2 is 2.19 bits per heavy atom. The van der Waals surface area contributed by atoms with E-state index in [-0.39, 0.29) is 6.04 Å². The summed E-state index contributed by atoms with van der Waals surface area (Å²) in [5, 5.41) is 10.1. The fourth-order valence-electron chi connectivity index (χ4n) is 2.11. The van der Waals surface area contributed by atoms with Crippen LogP contribution in [-0.2, 0) is 0 Å². The minimum atomic E-state index is -0.615. The van der Waals surface area contributed by atoms with Crippen LogP contribution in [0.3, 0.4) is 0 Å². The first-order chi connectivity index (χ1) is 7.61. The molecule has 1 aliphatic heterocycles. The minimum Gasteiger partial charge on any atom is -0.493 e. The van der Waals surface area contributed by atoms with Gasteiger partial charge in [0.15, 0.2) is 0 Å². The lowest BCUT2D eigenvalue weighted by Gasteiger charge is -2.18. The lowest BCUT2D eigenvalue weighted by atomic mass is 9.94. The third kappa shape index (κ3) is 1.93. The molecular formula is C13H19NO2. The Labute approximate surface area is 96.2 Å². The number of fused-ring (bicyclic) bond motifs is 1. The fourth-order valence-corrected chi connectivity index (χ4v) is 2.11. The number of para-hydroxylation sites is 1. The van der Waals surface area contributed by atoms with Crippen LogP contribution in [-0.4, -0.2) is 17.8 Å². The molecule has 0 saturated heterocycles. The Balaban J connectivity index is 2.49. The molecule has 0 fully saturated rings. The minimum absolute atomic E-state index is 0.233. The molecule has 0 amide bonds. The zero-order valence-corrected chi connectivity index (χ0v) is 9.81. The quantitative estimate of drug-likeness (QED) is 0.762. The van der Waals surface area contributed by atoms with Gasteiger partial charge in [-0.1, -0.05) is 32.0 Å². The number of aliphatic hydroxyl groups is 1. The van der Waals surface area contributed by atoms with Gasteiger partial charge >= 0.3 is 0 Å². The molecule has 2 atom stereocenters. The summed E-state index contributed by atoms with van der Waals surface area (Å²) >= 11 is 0. The summed E-state index contributed by atoms with van der Waals surface area (Å²) in [6.07, 6.45) is 0.0732. The lowest BCUT2D eigenvalue weighted by molar-refractivity contribution is 0.145. The van der Waals surface area contributed by atoms with Crippen LogP contribution in [0.15, 0.2) is 18.2 Å². The van der Waals surface area contributed by atoms with Crippen molar-refractivity contribution in [3.63, 3.8) is 0 Å². The van der Waals surface area contributed by atoms with Crippen LogP contribution in [0.25, 0.3) is 0 Å².